The average molecular weight is 744 g/mol. The maximum atomic E-state index is 11.2. The fraction of sp³-hybridized carbons (Fsp3) is 0.222. The number of aromatic carboxylic acids is 1. The summed E-state index contributed by atoms with van der Waals surface area (Å²) >= 11 is 0. The van der Waals surface area contributed by atoms with E-state index in [-0.39, 0.29) is 11.7 Å². The first-order valence-corrected chi connectivity index (χ1v) is 18.6. The van der Waals surface area contributed by atoms with Crippen molar-refractivity contribution in [3.05, 3.63) is 131 Å². The van der Waals surface area contributed by atoms with E-state index >= 15 is 0 Å². The minimum absolute atomic E-state index is 0.257. The summed E-state index contributed by atoms with van der Waals surface area (Å²) in [4.78, 5) is 29.9. The first kappa shape index (κ1) is 36.4. The number of aromatic nitrogens is 3. The van der Waals surface area contributed by atoms with Gasteiger partial charge in [0.25, 0.3) is 0 Å². The van der Waals surface area contributed by atoms with E-state index in [9.17, 15) is 20.3 Å². The monoisotopic (exact) mass is 743 g/mol. The molecule has 1 aliphatic rings. The molecule has 11 heteroatoms. The highest BCUT2D eigenvalue weighted by Gasteiger charge is 2.21. The summed E-state index contributed by atoms with van der Waals surface area (Å²) < 4.78 is 6.32. The Hall–Kier alpha value is -6.61. The number of oxazole rings is 1. The van der Waals surface area contributed by atoms with Crippen LogP contribution in [0.1, 0.15) is 44.6 Å². The van der Waals surface area contributed by atoms with Crippen molar-refractivity contribution in [3.8, 4) is 28.7 Å². The number of carboxylic acid groups (broad SMARTS) is 1. The van der Waals surface area contributed by atoms with Gasteiger partial charge in [0.1, 0.15) is 17.1 Å². The summed E-state index contributed by atoms with van der Waals surface area (Å²) in [6, 6.07) is 29.3. The maximum Gasteiger partial charge on any atom is 0.335 e. The highest BCUT2D eigenvalue weighted by molar-refractivity contribution is 5.92. The lowest BCUT2D eigenvalue weighted by molar-refractivity contribution is 0.0697. The number of benzene rings is 4. The Morgan fingerprint density at radius 2 is 1.75 bits per heavy atom. The lowest BCUT2D eigenvalue weighted by Crippen LogP contribution is -2.21. The molecular formula is C45H41N7O4. The van der Waals surface area contributed by atoms with E-state index in [1.807, 2.05) is 67.8 Å². The molecule has 1 atom stereocenters. The molecular weight excluding hydrogens is 703 g/mol. The Kier molecular flexibility index (Phi) is 9.91. The molecule has 0 saturated carbocycles. The van der Waals surface area contributed by atoms with Crippen molar-refractivity contribution in [2.75, 3.05) is 36.9 Å². The third-order valence-corrected chi connectivity index (χ3v) is 10.7. The number of pyridine rings is 2. The number of aliphatic hydroxyl groups is 1. The number of anilines is 3. The SMILES string of the molecule is Cc1c(Nc2nccc3cc(CN4CCC(O)C4)cnc23)cccc1-c1cccc(-c2nc3cc(N(C)CCc4ccc(C(=O)O)cc4)cc(C#N)c3o2)c1C. The third kappa shape index (κ3) is 7.28. The largest absolute Gasteiger partial charge is 0.478 e. The zero-order valence-corrected chi connectivity index (χ0v) is 31.5. The van der Waals surface area contributed by atoms with Crippen LogP contribution in [0.4, 0.5) is 17.2 Å². The maximum absolute atomic E-state index is 11.2. The number of fused-ring (bicyclic) bond motifs is 2. The number of likely N-dealkylation sites (tertiary alicyclic amines) is 1. The predicted molar refractivity (Wildman–Crippen MR) is 218 cm³/mol. The summed E-state index contributed by atoms with van der Waals surface area (Å²) in [5.74, 6) is 0.166. The van der Waals surface area contributed by atoms with Gasteiger partial charge in [0, 0.05) is 67.9 Å². The smallest absolute Gasteiger partial charge is 0.335 e. The number of rotatable bonds is 11. The van der Waals surface area contributed by atoms with E-state index in [0.29, 0.717) is 47.9 Å². The Labute approximate surface area is 324 Å². The average Bonchev–Trinajstić information content (AvgIpc) is 3.83. The highest BCUT2D eigenvalue weighted by atomic mass is 16.4. The van der Waals surface area contributed by atoms with E-state index in [0.717, 1.165) is 80.7 Å². The molecule has 1 saturated heterocycles. The van der Waals surface area contributed by atoms with E-state index in [2.05, 4.69) is 58.2 Å². The molecule has 4 aromatic carbocycles. The summed E-state index contributed by atoms with van der Waals surface area (Å²) in [5, 5.41) is 33.8. The van der Waals surface area contributed by atoms with Gasteiger partial charge in [0.15, 0.2) is 11.4 Å². The van der Waals surface area contributed by atoms with Crippen molar-refractivity contribution >= 4 is 45.2 Å². The molecule has 3 N–H and O–H groups in total. The zero-order valence-electron chi connectivity index (χ0n) is 31.5. The molecule has 280 valence electrons. The van der Waals surface area contributed by atoms with Crippen LogP contribution in [0.25, 0.3) is 44.6 Å². The van der Waals surface area contributed by atoms with Crippen LogP contribution >= 0.6 is 0 Å². The van der Waals surface area contributed by atoms with Crippen molar-refractivity contribution in [2.24, 2.45) is 0 Å². The van der Waals surface area contributed by atoms with Gasteiger partial charge < -0.3 is 24.8 Å². The molecule has 1 aliphatic heterocycles. The van der Waals surface area contributed by atoms with Crippen LogP contribution in [0.5, 0.6) is 0 Å². The predicted octanol–water partition coefficient (Wildman–Crippen LogP) is 8.28. The number of hydrogen-bond acceptors (Lipinski definition) is 10. The summed E-state index contributed by atoms with van der Waals surface area (Å²) in [7, 11) is 1.96. The molecule has 4 heterocycles. The number of β-amino-alcohol motifs (C(OH)–C–C–N with tert-alkyl or cyclic N) is 1. The number of hydrogen-bond donors (Lipinski definition) is 3. The fourth-order valence-corrected chi connectivity index (χ4v) is 7.52. The molecule has 0 radical (unpaired) electrons. The molecule has 0 amide bonds. The molecule has 56 heavy (non-hydrogen) atoms. The number of likely N-dealkylation sites (N-methyl/N-ethyl adjacent to an activating group) is 1. The third-order valence-electron chi connectivity index (χ3n) is 10.7. The molecule has 11 nitrogen and oxygen atoms in total. The number of nitrogens with zero attached hydrogens (tertiary/aromatic N) is 6. The lowest BCUT2D eigenvalue weighted by Gasteiger charge is -2.19. The first-order valence-electron chi connectivity index (χ1n) is 18.6. The second kappa shape index (κ2) is 15.3. The van der Waals surface area contributed by atoms with Gasteiger partial charge in [-0.1, -0.05) is 36.4 Å². The quantitative estimate of drug-likeness (QED) is 0.117. The minimum Gasteiger partial charge on any atom is -0.478 e. The van der Waals surface area contributed by atoms with E-state index < -0.39 is 5.97 Å². The van der Waals surface area contributed by atoms with Crippen molar-refractivity contribution in [1.82, 2.24) is 19.9 Å². The van der Waals surface area contributed by atoms with Crippen LogP contribution < -0.4 is 10.2 Å². The van der Waals surface area contributed by atoms with E-state index in [4.69, 9.17) is 14.4 Å². The molecule has 7 aromatic rings. The summed E-state index contributed by atoms with van der Waals surface area (Å²) in [5.41, 5.74) is 11.3. The molecule has 0 aliphatic carbocycles. The Morgan fingerprint density at radius 1 is 0.982 bits per heavy atom. The van der Waals surface area contributed by atoms with Gasteiger partial charge in [-0.15, -0.1) is 0 Å². The van der Waals surface area contributed by atoms with Crippen LogP contribution in [0.2, 0.25) is 0 Å². The molecule has 0 spiro atoms. The number of nitrogens with one attached hydrogen (secondary N) is 1. The number of nitriles is 1. The second-order valence-electron chi connectivity index (χ2n) is 14.5. The Balaban J connectivity index is 1.04. The molecule has 0 bridgehead atoms. The van der Waals surface area contributed by atoms with Crippen LogP contribution in [-0.2, 0) is 13.0 Å². The standard InChI is InChI=1S/C45H41N7O4/c1-27-36(37-7-5-9-39(28(37)2)49-43-41-32(14-17-47-43)20-30(24-48-41)25-52-19-16-35(53)26-52)6-4-8-38(27)44-50-40-22-34(21-33(23-46)42(40)56-44)51(3)18-15-29-10-12-31(13-11-29)45(54)55/h4-14,17,20-22,24,35,53H,15-16,18-19,25-26H2,1-3H3,(H,47,49)(H,54,55). The molecule has 1 fully saturated rings. The van der Waals surface area contributed by atoms with Crippen molar-refractivity contribution in [3.63, 3.8) is 0 Å². The zero-order chi connectivity index (χ0) is 38.9. The van der Waals surface area contributed by atoms with Crippen molar-refractivity contribution < 1.29 is 19.4 Å². The van der Waals surface area contributed by atoms with Gasteiger partial charge in [0.05, 0.1) is 17.2 Å². The summed E-state index contributed by atoms with van der Waals surface area (Å²) in [6.45, 7) is 7.12. The number of carbonyl (C=O) groups is 1. The van der Waals surface area contributed by atoms with Crippen LogP contribution in [-0.4, -0.2) is 68.8 Å². The summed E-state index contributed by atoms with van der Waals surface area (Å²) in [6.07, 6.45) is 4.94. The van der Waals surface area contributed by atoms with Gasteiger partial charge in [-0.05, 0) is 109 Å². The highest BCUT2D eigenvalue weighted by Crippen LogP contribution is 2.38. The van der Waals surface area contributed by atoms with Gasteiger partial charge in [0.2, 0.25) is 5.89 Å². The molecule has 8 rings (SSSR count). The molecule has 3 aromatic heterocycles. The topological polar surface area (TPSA) is 152 Å². The van der Waals surface area contributed by atoms with E-state index in [1.54, 1.807) is 18.3 Å². The van der Waals surface area contributed by atoms with Gasteiger partial charge in [-0.3, -0.25) is 9.88 Å². The Bertz CT molecular complexity index is 2650. The fourth-order valence-electron chi connectivity index (χ4n) is 7.52. The Morgan fingerprint density at radius 3 is 2.50 bits per heavy atom. The van der Waals surface area contributed by atoms with Crippen LogP contribution in [0, 0.1) is 25.2 Å². The van der Waals surface area contributed by atoms with Gasteiger partial charge in [-0.2, -0.15) is 5.26 Å². The van der Waals surface area contributed by atoms with E-state index in [1.165, 1.54) is 0 Å². The van der Waals surface area contributed by atoms with Crippen molar-refractivity contribution in [2.45, 2.75) is 39.3 Å². The van der Waals surface area contributed by atoms with Crippen LogP contribution in [0.3, 0.4) is 0 Å². The van der Waals surface area contributed by atoms with Gasteiger partial charge >= 0.3 is 5.97 Å². The normalized spacial score (nSPS) is 14.3. The van der Waals surface area contributed by atoms with Crippen LogP contribution in [0.15, 0.2) is 102 Å². The van der Waals surface area contributed by atoms with Crippen molar-refractivity contribution in [1.29, 1.82) is 5.26 Å². The number of aliphatic hydroxyl groups excluding tert-OH is 1. The lowest BCUT2D eigenvalue weighted by atomic mass is 9.93. The minimum atomic E-state index is -0.948. The number of carboxylic acids is 1. The van der Waals surface area contributed by atoms with Gasteiger partial charge in [-0.25, -0.2) is 14.8 Å². The first-order chi connectivity index (χ1) is 27.1. The second-order valence-corrected chi connectivity index (χ2v) is 14.5. The molecule has 1 unspecified atom stereocenters.